The second-order valence-electron chi connectivity index (χ2n) is 3.77. The lowest BCUT2D eigenvalue weighted by Gasteiger charge is -2.09. The van der Waals surface area contributed by atoms with Gasteiger partial charge in [0.05, 0.1) is 0 Å². The molecule has 0 aliphatic carbocycles. The zero-order valence-electron chi connectivity index (χ0n) is 10.3. The molecule has 0 aliphatic rings. The number of nitrogens with one attached hydrogen (secondary N) is 1. The number of aromatic nitrogens is 2. The van der Waals surface area contributed by atoms with E-state index in [-0.39, 0.29) is 12.4 Å². The summed E-state index contributed by atoms with van der Waals surface area (Å²) in [7, 11) is 1.69. The van der Waals surface area contributed by atoms with Gasteiger partial charge < -0.3 is 10.1 Å². The summed E-state index contributed by atoms with van der Waals surface area (Å²) in [5.41, 5.74) is 0.794. The minimum Gasteiger partial charge on any atom is -0.373 e. The van der Waals surface area contributed by atoms with E-state index in [0.717, 1.165) is 18.5 Å². The first-order chi connectivity index (χ1) is 8.44. The number of alkyl halides is 3. The molecule has 0 saturated carbocycles. The van der Waals surface area contributed by atoms with E-state index in [2.05, 4.69) is 20.0 Å². The van der Waals surface area contributed by atoms with Crippen molar-refractivity contribution in [3.63, 3.8) is 0 Å². The average Bonchev–Trinajstić information content (AvgIpc) is 2.27. The van der Waals surface area contributed by atoms with E-state index in [1.807, 2.05) is 6.92 Å². The third-order valence-corrected chi connectivity index (χ3v) is 2.08. The number of rotatable bonds is 6. The number of anilines is 1. The predicted molar refractivity (Wildman–Crippen MR) is 61.3 cm³/mol. The normalized spacial score (nSPS) is 11.6. The van der Waals surface area contributed by atoms with Gasteiger partial charge in [-0.3, -0.25) is 0 Å². The molecule has 0 fully saturated rings. The third kappa shape index (κ3) is 5.31. The number of nitrogens with zero attached hydrogens (tertiary/aromatic N) is 2. The van der Waals surface area contributed by atoms with Crippen molar-refractivity contribution in [2.24, 2.45) is 0 Å². The van der Waals surface area contributed by atoms with Crippen LogP contribution < -0.4 is 5.32 Å². The van der Waals surface area contributed by atoms with Crippen molar-refractivity contribution in [1.82, 2.24) is 9.97 Å². The van der Waals surface area contributed by atoms with E-state index in [4.69, 9.17) is 0 Å². The highest BCUT2D eigenvalue weighted by Gasteiger charge is 2.27. The maximum atomic E-state index is 11.9. The first kappa shape index (κ1) is 14.7. The Kier molecular flexibility index (Phi) is 5.33. The largest absolute Gasteiger partial charge is 0.411 e. The van der Waals surface area contributed by atoms with Crippen LogP contribution in [0.4, 0.5) is 19.0 Å². The smallest absolute Gasteiger partial charge is 0.373 e. The summed E-state index contributed by atoms with van der Waals surface area (Å²) in [5, 5.41) is 2.84. The number of hydrogen-bond acceptors (Lipinski definition) is 4. The van der Waals surface area contributed by atoms with Crippen LogP contribution in [-0.4, -0.2) is 29.8 Å². The zero-order valence-corrected chi connectivity index (χ0v) is 10.3. The van der Waals surface area contributed by atoms with Gasteiger partial charge in [0.1, 0.15) is 19.0 Å². The minimum atomic E-state index is -4.33. The van der Waals surface area contributed by atoms with Crippen LogP contribution in [0.1, 0.15) is 24.9 Å². The van der Waals surface area contributed by atoms with Gasteiger partial charge in [0.25, 0.3) is 0 Å². The second-order valence-corrected chi connectivity index (χ2v) is 3.77. The van der Waals surface area contributed by atoms with Crippen LogP contribution >= 0.6 is 0 Å². The second kappa shape index (κ2) is 6.53. The molecule has 1 N–H and O–H groups in total. The molecule has 0 aromatic carbocycles. The lowest BCUT2D eigenvalue weighted by atomic mass is 10.2. The Morgan fingerprint density at radius 3 is 2.61 bits per heavy atom. The van der Waals surface area contributed by atoms with Crippen molar-refractivity contribution in [3.05, 3.63) is 17.6 Å². The van der Waals surface area contributed by atoms with Crippen LogP contribution in [0.2, 0.25) is 0 Å². The van der Waals surface area contributed by atoms with E-state index in [9.17, 15) is 13.2 Å². The summed E-state index contributed by atoms with van der Waals surface area (Å²) < 4.78 is 40.3. The van der Waals surface area contributed by atoms with Crippen molar-refractivity contribution in [2.75, 3.05) is 19.0 Å². The number of hydrogen-bond donors (Lipinski definition) is 1. The SMILES string of the molecule is CCCc1cc(NC)nc(COCC(F)(F)F)n1. The quantitative estimate of drug-likeness (QED) is 0.856. The number of aryl methyl sites for hydroxylation is 1. The van der Waals surface area contributed by atoms with Crippen molar-refractivity contribution < 1.29 is 17.9 Å². The molecule has 0 bridgehead atoms. The Labute approximate surface area is 104 Å². The third-order valence-electron chi connectivity index (χ3n) is 2.08. The summed E-state index contributed by atoms with van der Waals surface area (Å²) in [5.74, 6) is 0.841. The van der Waals surface area contributed by atoms with Gasteiger partial charge in [0.2, 0.25) is 0 Å². The van der Waals surface area contributed by atoms with Crippen LogP contribution in [0, 0.1) is 0 Å². The molecule has 1 aromatic heterocycles. The molecule has 0 aliphatic heterocycles. The number of ether oxygens (including phenoxy) is 1. The Morgan fingerprint density at radius 1 is 1.33 bits per heavy atom. The summed E-state index contributed by atoms with van der Waals surface area (Å²) in [6.07, 6.45) is -2.67. The van der Waals surface area contributed by atoms with E-state index in [1.54, 1.807) is 13.1 Å². The summed E-state index contributed by atoms with van der Waals surface area (Å²) in [6, 6.07) is 1.77. The van der Waals surface area contributed by atoms with Gasteiger partial charge in [0.15, 0.2) is 5.82 Å². The Bertz CT molecular complexity index is 382. The van der Waals surface area contributed by atoms with Gasteiger partial charge in [-0.15, -0.1) is 0 Å². The molecule has 0 unspecified atom stereocenters. The molecular weight excluding hydrogens is 247 g/mol. The maximum Gasteiger partial charge on any atom is 0.411 e. The van der Waals surface area contributed by atoms with Gasteiger partial charge in [-0.2, -0.15) is 13.2 Å². The fraction of sp³-hybridized carbons (Fsp3) is 0.636. The monoisotopic (exact) mass is 263 g/mol. The van der Waals surface area contributed by atoms with Gasteiger partial charge in [-0.25, -0.2) is 9.97 Å². The van der Waals surface area contributed by atoms with Gasteiger partial charge in [-0.1, -0.05) is 13.3 Å². The van der Waals surface area contributed by atoms with Crippen LogP contribution in [0.25, 0.3) is 0 Å². The molecule has 18 heavy (non-hydrogen) atoms. The summed E-state index contributed by atoms with van der Waals surface area (Å²) >= 11 is 0. The molecule has 1 aromatic rings. The molecule has 7 heteroatoms. The highest BCUT2D eigenvalue weighted by Crippen LogP contribution is 2.15. The van der Waals surface area contributed by atoms with Crippen molar-refractivity contribution in [2.45, 2.75) is 32.5 Å². The first-order valence-corrected chi connectivity index (χ1v) is 5.63. The fourth-order valence-electron chi connectivity index (χ4n) is 1.39. The topological polar surface area (TPSA) is 47.0 Å². The molecular formula is C11H16F3N3O. The standard InChI is InChI=1S/C11H16F3N3O/c1-3-4-8-5-9(15-2)17-10(16-8)6-18-7-11(12,13)14/h5H,3-4,6-7H2,1-2H3,(H,15,16,17). The highest BCUT2D eigenvalue weighted by atomic mass is 19.4. The average molecular weight is 263 g/mol. The van der Waals surface area contributed by atoms with Gasteiger partial charge >= 0.3 is 6.18 Å². The zero-order chi connectivity index (χ0) is 13.6. The van der Waals surface area contributed by atoms with Crippen molar-refractivity contribution in [1.29, 1.82) is 0 Å². The molecule has 0 amide bonds. The van der Waals surface area contributed by atoms with Crippen LogP contribution in [0.5, 0.6) is 0 Å². The summed E-state index contributed by atoms with van der Waals surface area (Å²) in [4.78, 5) is 8.19. The molecule has 1 rings (SSSR count). The predicted octanol–water partition coefficient (Wildman–Crippen LogP) is 2.55. The van der Waals surface area contributed by atoms with Crippen molar-refractivity contribution in [3.8, 4) is 0 Å². The van der Waals surface area contributed by atoms with E-state index < -0.39 is 12.8 Å². The minimum absolute atomic E-state index is 0.244. The molecule has 102 valence electrons. The maximum absolute atomic E-state index is 11.9. The van der Waals surface area contributed by atoms with E-state index >= 15 is 0 Å². The first-order valence-electron chi connectivity index (χ1n) is 5.63. The van der Waals surface area contributed by atoms with E-state index in [1.165, 1.54) is 0 Å². The molecule has 1 heterocycles. The lowest BCUT2D eigenvalue weighted by Crippen LogP contribution is -2.17. The molecule has 0 atom stereocenters. The van der Waals surface area contributed by atoms with Gasteiger partial charge in [-0.05, 0) is 6.42 Å². The Morgan fingerprint density at radius 2 is 2.06 bits per heavy atom. The highest BCUT2D eigenvalue weighted by molar-refractivity contribution is 5.35. The van der Waals surface area contributed by atoms with Crippen LogP contribution in [0.3, 0.4) is 0 Å². The van der Waals surface area contributed by atoms with E-state index in [0.29, 0.717) is 5.82 Å². The fourth-order valence-corrected chi connectivity index (χ4v) is 1.39. The molecule has 4 nitrogen and oxygen atoms in total. The molecule has 0 saturated heterocycles. The molecule has 0 spiro atoms. The summed E-state index contributed by atoms with van der Waals surface area (Å²) in [6.45, 7) is 0.468. The van der Waals surface area contributed by atoms with Gasteiger partial charge in [0, 0.05) is 18.8 Å². The van der Waals surface area contributed by atoms with Crippen molar-refractivity contribution >= 4 is 5.82 Å². The van der Waals surface area contributed by atoms with Crippen LogP contribution in [0.15, 0.2) is 6.07 Å². The Balaban J connectivity index is 2.66. The Hall–Kier alpha value is -1.37. The lowest BCUT2D eigenvalue weighted by molar-refractivity contribution is -0.177. The number of halogens is 3. The molecule has 0 radical (unpaired) electrons. The van der Waals surface area contributed by atoms with Crippen LogP contribution in [-0.2, 0) is 17.8 Å².